The molecule has 0 spiro atoms. The molecule has 0 unspecified atom stereocenters. The zero-order chi connectivity index (χ0) is 19.6. The van der Waals surface area contributed by atoms with Crippen LogP contribution in [-0.2, 0) is 11.2 Å². The number of hydrogen-bond acceptors (Lipinski definition) is 4. The summed E-state index contributed by atoms with van der Waals surface area (Å²) in [6.07, 6.45) is 1.02. The van der Waals surface area contributed by atoms with E-state index in [0.29, 0.717) is 11.7 Å². The van der Waals surface area contributed by atoms with Gasteiger partial charge in [-0.3, -0.25) is 4.79 Å². The Balaban J connectivity index is 1.99. The topological polar surface area (TPSA) is 64.9 Å². The molecule has 5 heteroatoms. The fraction of sp³-hybridized carbons (Fsp3) is 0.364. The molecule has 0 saturated heterocycles. The fourth-order valence-electron chi connectivity index (χ4n) is 2.90. The standard InChI is InChI=1S/C22H27N3OS/c1-4-17-9-11-18(12-10-17)22(16(2)3)24-15-21(26)25-19-7-5-6-8-20(19)27-14-13-23/h5-12,16,22,24H,4,14-15H2,1-3H3,(H,25,26)/t22-/m0/s1. The fourth-order valence-corrected chi connectivity index (χ4v) is 3.57. The third-order valence-electron chi connectivity index (χ3n) is 4.35. The van der Waals surface area contributed by atoms with E-state index in [1.807, 2.05) is 24.3 Å². The zero-order valence-corrected chi connectivity index (χ0v) is 17.0. The Morgan fingerprint density at radius 1 is 1.15 bits per heavy atom. The minimum absolute atomic E-state index is 0.0872. The number of nitriles is 1. The van der Waals surface area contributed by atoms with E-state index in [4.69, 9.17) is 5.26 Å². The van der Waals surface area contributed by atoms with Crippen LogP contribution in [0, 0.1) is 17.2 Å². The molecule has 1 atom stereocenters. The molecule has 0 aliphatic heterocycles. The van der Waals surface area contributed by atoms with Crippen molar-refractivity contribution in [2.45, 2.75) is 38.1 Å². The van der Waals surface area contributed by atoms with E-state index in [-0.39, 0.29) is 18.5 Å². The second-order valence-electron chi connectivity index (χ2n) is 6.69. The number of para-hydroxylation sites is 1. The summed E-state index contributed by atoms with van der Waals surface area (Å²) in [6, 6.07) is 18.4. The average Bonchev–Trinajstić information content (AvgIpc) is 2.67. The van der Waals surface area contributed by atoms with Gasteiger partial charge in [0.2, 0.25) is 5.91 Å². The highest BCUT2D eigenvalue weighted by molar-refractivity contribution is 7.99. The molecule has 2 N–H and O–H groups in total. The van der Waals surface area contributed by atoms with Gasteiger partial charge in [0.05, 0.1) is 24.1 Å². The van der Waals surface area contributed by atoms with Gasteiger partial charge < -0.3 is 10.6 Å². The number of nitrogens with zero attached hydrogens (tertiary/aromatic N) is 1. The van der Waals surface area contributed by atoms with E-state index >= 15 is 0 Å². The summed E-state index contributed by atoms with van der Waals surface area (Å²) in [5.74, 6) is 0.633. The molecule has 27 heavy (non-hydrogen) atoms. The number of benzene rings is 2. The maximum Gasteiger partial charge on any atom is 0.238 e. The van der Waals surface area contributed by atoms with Crippen molar-refractivity contribution < 1.29 is 4.79 Å². The lowest BCUT2D eigenvalue weighted by molar-refractivity contribution is -0.115. The van der Waals surface area contributed by atoms with E-state index < -0.39 is 0 Å². The molecule has 2 rings (SSSR count). The molecule has 0 heterocycles. The smallest absolute Gasteiger partial charge is 0.238 e. The molecule has 142 valence electrons. The average molecular weight is 382 g/mol. The number of nitrogens with one attached hydrogen (secondary N) is 2. The van der Waals surface area contributed by atoms with Gasteiger partial charge in [-0.2, -0.15) is 5.26 Å². The summed E-state index contributed by atoms with van der Waals surface area (Å²) in [4.78, 5) is 13.4. The number of carbonyl (C=O) groups excluding carboxylic acids is 1. The lowest BCUT2D eigenvalue weighted by Gasteiger charge is -2.23. The summed E-state index contributed by atoms with van der Waals surface area (Å²) in [7, 11) is 0. The van der Waals surface area contributed by atoms with Gasteiger partial charge in [-0.15, -0.1) is 11.8 Å². The van der Waals surface area contributed by atoms with Crippen LogP contribution in [0.1, 0.15) is 37.9 Å². The Labute approximate surface area is 166 Å². The van der Waals surface area contributed by atoms with Gasteiger partial charge >= 0.3 is 0 Å². The van der Waals surface area contributed by atoms with E-state index in [1.54, 1.807) is 0 Å². The van der Waals surface area contributed by atoms with Crippen LogP contribution in [0.2, 0.25) is 0 Å². The summed E-state index contributed by atoms with van der Waals surface area (Å²) in [5.41, 5.74) is 3.25. The van der Waals surface area contributed by atoms with Crippen molar-refractivity contribution in [1.29, 1.82) is 5.26 Å². The highest BCUT2D eigenvalue weighted by atomic mass is 32.2. The summed E-state index contributed by atoms with van der Waals surface area (Å²) >= 11 is 1.42. The van der Waals surface area contributed by atoms with Crippen LogP contribution in [0.4, 0.5) is 5.69 Å². The van der Waals surface area contributed by atoms with Gasteiger partial charge in [-0.1, -0.05) is 57.2 Å². The summed E-state index contributed by atoms with van der Waals surface area (Å²) in [5, 5.41) is 15.1. The van der Waals surface area contributed by atoms with Crippen molar-refractivity contribution in [2.24, 2.45) is 5.92 Å². The molecule has 2 aromatic rings. The zero-order valence-electron chi connectivity index (χ0n) is 16.2. The van der Waals surface area contributed by atoms with Crippen molar-refractivity contribution in [3.05, 3.63) is 59.7 Å². The number of thioether (sulfide) groups is 1. The van der Waals surface area contributed by atoms with Crippen LogP contribution in [0.15, 0.2) is 53.4 Å². The normalized spacial score (nSPS) is 11.8. The van der Waals surface area contributed by atoms with E-state index in [9.17, 15) is 4.79 Å². The molecule has 0 aliphatic carbocycles. The minimum Gasteiger partial charge on any atom is -0.324 e. The van der Waals surface area contributed by atoms with Crippen molar-refractivity contribution >= 4 is 23.4 Å². The van der Waals surface area contributed by atoms with Crippen LogP contribution < -0.4 is 10.6 Å². The SMILES string of the molecule is CCc1ccc([C@@H](NCC(=O)Nc2ccccc2SCC#N)C(C)C)cc1. The molecular weight excluding hydrogens is 354 g/mol. The molecule has 0 aliphatic rings. The summed E-state index contributed by atoms with van der Waals surface area (Å²) in [6.45, 7) is 6.67. The maximum atomic E-state index is 12.4. The number of anilines is 1. The molecule has 4 nitrogen and oxygen atoms in total. The maximum absolute atomic E-state index is 12.4. The number of carbonyl (C=O) groups is 1. The summed E-state index contributed by atoms with van der Waals surface area (Å²) < 4.78 is 0. The molecule has 1 amide bonds. The first-order valence-corrected chi connectivity index (χ1v) is 10.2. The quantitative estimate of drug-likeness (QED) is 0.613. The van der Waals surface area contributed by atoms with Crippen LogP contribution in [-0.4, -0.2) is 18.2 Å². The Bertz CT molecular complexity index is 781. The van der Waals surface area contributed by atoms with Gasteiger partial charge in [0.25, 0.3) is 0 Å². The van der Waals surface area contributed by atoms with Crippen LogP contribution in [0.25, 0.3) is 0 Å². The first-order chi connectivity index (χ1) is 13.0. The van der Waals surface area contributed by atoms with Crippen molar-refractivity contribution in [3.8, 4) is 6.07 Å². The van der Waals surface area contributed by atoms with Gasteiger partial charge in [0.1, 0.15) is 0 Å². The second kappa shape index (κ2) is 10.8. The van der Waals surface area contributed by atoms with E-state index in [0.717, 1.165) is 17.0 Å². The van der Waals surface area contributed by atoms with Crippen molar-refractivity contribution in [1.82, 2.24) is 5.32 Å². The molecule has 0 saturated carbocycles. The monoisotopic (exact) mass is 381 g/mol. The predicted molar refractivity (Wildman–Crippen MR) is 113 cm³/mol. The van der Waals surface area contributed by atoms with Gasteiger partial charge in [0.15, 0.2) is 0 Å². The highest BCUT2D eigenvalue weighted by Crippen LogP contribution is 2.26. The van der Waals surface area contributed by atoms with Gasteiger partial charge in [-0.05, 0) is 35.6 Å². The third kappa shape index (κ3) is 6.42. The van der Waals surface area contributed by atoms with Crippen molar-refractivity contribution in [3.63, 3.8) is 0 Å². The first kappa shape index (κ1) is 21.0. The largest absolute Gasteiger partial charge is 0.324 e. The minimum atomic E-state index is -0.0872. The Morgan fingerprint density at radius 2 is 1.85 bits per heavy atom. The van der Waals surface area contributed by atoms with Crippen LogP contribution in [0.5, 0.6) is 0 Å². The van der Waals surface area contributed by atoms with Crippen LogP contribution in [0.3, 0.4) is 0 Å². The van der Waals surface area contributed by atoms with E-state index in [1.165, 1.54) is 22.9 Å². The molecule has 0 aromatic heterocycles. The third-order valence-corrected chi connectivity index (χ3v) is 5.29. The number of aryl methyl sites for hydroxylation is 1. The second-order valence-corrected chi connectivity index (χ2v) is 7.71. The first-order valence-electron chi connectivity index (χ1n) is 9.26. The molecule has 0 radical (unpaired) electrons. The van der Waals surface area contributed by atoms with Crippen LogP contribution >= 0.6 is 11.8 Å². The molecule has 0 bridgehead atoms. The Morgan fingerprint density at radius 3 is 2.48 bits per heavy atom. The Hall–Kier alpha value is -2.29. The number of hydrogen-bond donors (Lipinski definition) is 2. The lowest BCUT2D eigenvalue weighted by Crippen LogP contribution is -2.33. The molecular formula is C22H27N3OS. The number of amides is 1. The van der Waals surface area contributed by atoms with Gasteiger partial charge in [-0.25, -0.2) is 0 Å². The lowest BCUT2D eigenvalue weighted by atomic mass is 9.95. The Kier molecular flexibility index (Phi) is 8.38. The predicted octanol–water partition coefficient (Wildman–Crippen LogP) is 4.79. The van der Waals surface area contributed by atoms with E-state index in [2.05, 4.69) is 61.7 Å². The highest BCUT2D eigenvalue weighted by Gasteiger charge is 2.17. The molecule has 2 aromatic carbocycles. The van der Waals surface area contributed by atoms with Crippen molar-refractivity contribution in [2.75, 3.05) is 17.6 Å². The number of rotatable bonds is 9. The van der Waals surface area contributed by atoms with Gasteiger partial charge in [0, 0.05) is 10.9 Å². The molecule has 0 fully saturated rings.